The molecule has 0 unspecified atom stereocenters. The van der Waals surface area contributed by atoms with Gasteiger partial charge < -0.3 is 24.2 Å². The van der Waals surface area contributed by atoms with Crippen molar-refractivity contribution in [3.05, 3.63) is 70.6 Å². The van der Waals surface area contributed by atoms with Gasteiger partial charge in [0.1, 0.15) is 12.1 Å². The summed E-state index contributed by atoms with van der Waals surface area (Å²) in [5.74, 6) is -0.721. The number of fused-ring (bicyclic) bond motifs is 3. The highest BCUT2D eigenvalue weighted by atomic mass is 32.2. The number of hydrogen-bond acceptors (Lipinski definition) is 11. The molecular formula is C45H55F3N3O8PS3. The Morgan fingerprint density at radius 1 is 0.857 bits per heavy atom. The first-order valence-electron chi connectivity index (χ1n) is 21.3. The highest BCUT2D eigenvalue weighted by molar-refractivity contribution is 8.14. The van der Waals surface area contributed by atoms with Gasteiger partial charge in [-0.05, 0) is 73.1 Å². The molecule has 0 spiro atoms. The van der Waals surface area contributed by atoms with Gasteiger partial charge in [0.25, 0.3) is 5.91 Å². The van der Waals surface area contributed by atoms with E-state index in [4.69, 9.17) is 9.05 Å². The fraction of sp³-hybridized carbons (Fsp3) is 0.578. The number of nitrogens with one attached hydrogen (secondary N) is 1. The first-order valence-corrected chi connectivity index (χ1v) is 25.7. The minimum atomic E-state index is -5.27. The van der Waals surface area contributed by atoms with Crippen LogP contribution < -0.4 is 5.32 Å². The van der Waals surface area contributed by atoms with E-state index in [1.54, 1.807) is 76.8 Å². The van der Waals surface area contributed by atoms with Gasteiger partial charge in [-0.15, -0.1) is 11.3 Å². The predicted molar refractivity (Wildman–Crippen MR) is 241 cm³/mol. The van der Waals surface area contributed by atoms with Crippen LogP contribution in [0.25, 0.3) is 10.1 Å². The van der Waals surface area contributed by atoms with E-state index < -0.39 is 66.5 Å². The fourth-order valence-electron chi connectivity index (χ4n) is 8.42. The molecule has 0 bridgehead atoms. The maximum absolute atomic E-state index is 16.5. The largest absolute Gasteiger partial charge is 0.404 e. The number of carbonyl (C=O) groups is 5. The fourth-order valence-corrected chi connectivity index (χ4v) is 12.7. The molecule has 1 N–H and O–H groups in total. The smallest absolute Gasteiger partial charge is 0.340 e. The molecule has 0 radical (unpaired) electrons. The quantitative estimate of drug-likeness (QED) is 0.123. The van der Waals surface area contributed by atoms with Gasteiger partial charge in [-0.2, -0.15) is 8.78 Å². The molecule has 3 aromatic rings. The lowest BCUT2D eigenvalue weighted by atomic mass is 9.87. The van der Waals surface area contributed by atoms with Gasteiger partial charge in [-0.1, -0.05) is 101 Å². The zero-order valence-electron chi connectivity index (χ0n) is 36.3. The average Bonchev–Trinajstić information content (AvgIpc) is 3.56. The molecule has 2 aromatic carbocycles. The van der Waals surface area contributed by atoms with Crippen molar-refractivity contribution in [3.63, 3.8) is 0 Å². The maximum Gasteiger partial charge on any atom is 0.404 e. The second-order valence-corrected chi connectivity index (χ2v) is 24.4. The molecule has 18 heteroatoms. The third kappa shape index (κ3) is 10.3. The zero-order chi connectivity index (χ0) is 45.7. The van der Waals surface area contributed by atoms with Crippen LogP contribution in [0.2, 0.25) is 0 Å². The normalized spacial score (nSPS) is 23.6. The summed E-state index contributed by atoms with van der Waals surface area (Å²) >= 11 is 2.79. The first kappa shape index (κ1) is 47.7. The molecule has 4 heterocycles. The lowest BCUT2D eigenvalue weighted by Gasteiger charge is -2.47. The molecule has 3 aliphatic heterocycles. The van der Waals surface area contributed by atoms with Crippen molar-refractivity contribution in [2.45, 2.75) is 103 Å². The van der Waals surface area contributed by atoms with Gasteiger partial charge in [0.05, 0.1) is 31.2 Å². The Hall–Kier alpha value is -3.21. The minimum absolute atomic E-state index is 0.0495. The van der Waals surface area contributed by atoms with Crippen molar-refractivity contribution in [1.29, 1.82) is 0 Å². The van der Waals surface area contributed by atoms with E-state index in [1.807, 2.05) is 0 Å². The number of alkyl halides is 3. The van der Waals surface area contributed by atoms with Crippen molar-refractivity contribution >= 4 is 80.5 Å². The van der Waals surface area contributed by atoms with E-state index in [9.17, 15) is 28.5 Å². The molecule has 7 rings (SSSR count). The van der Waals surface area contributed by atoms with Gasteiger partial charge in [0.2, 0.25) is 11.8 Å². The Morgan fingerprint density at radius 3 is 2.06 bits per heavy atom. The third-order valence-corrected chi connectivity index (χ3v) is 17.7. The topological polar surface area (TPSA) is 139 Å². The first-order chi connectivity index (χ1) is 29.5. The number of halogens is 3. The molecule has 63 heavy (non-hydrogen) atoms. The summed E-state index contributed by atoms with van der Waals surface area (Å²) in [5, 5.41) is 2.78. The third-order valence-electron chi connectivity index (χ3n) is 12.1. The van der Waals surface area contributed by atoms with Crippen molar-refractivity contribution in [1.82, 2.24) is 15.1 Å². The molecule has 3 saturated heterocycles. The van der Waals surface area contributed by atoms with Crippen molar-refractivity contribution in [2.24, 2.45) is 22.7 Å². The highest BCUT2D eigenvalue weighted by Gasteiger charge is 2.56. The number of rotatable bonds is 14. The average molecular weight is 950 g/mol. The summed E-state index contributed by atoms with van der Waals surface area (Å²) in [7, 11) is -5.27. The lowest BCUT2D eigenvalue weighted by Crippen LogP contribution is -2.64. The van der Waals surface area contributed by atoms with Crippen LogP contribution in [-0.4, -0.2) is 93.7 Å². The van der Waals surface area contributed by atoms with Crippen molar-refractivity contribution in [2.75, 3.05) is 37.8 Å². The summed E-state index contributed by atoms with van der Waals surface area (Å²) in [4.78, 5) is 70.3. The highest BCUT2D eigenvalue weighted by Crippen LogP contribution is 2.67. The van der Waals surface area contributed by atoms with Crippen LogP contribution >= 0.6 is 42.5 Å². The van der Waals surface area contributed by atoms with E-state index in [-0.39, 0.29) is 68.9 Å². The number of likely N-dealkylation sites (tertiary alicyclic amines) is 1. The SMILES string of the molecule is CC(C)(C)C(=O)SCCOP(=O)(OCCSC(=O)C(C)(C)C)C(F)(F)c1ccc2sc(C(=O)N[C@H]3C[C@@H]4C[C@@H]4C[C@H]4CC[C@@H](C(=O)N5CC(F)(c6ccccc6)C5)N4C3=O)cc2c1. The Labute approximate surface area is 378 Å². The predicted octanol–water partition coefficient (Wildman–Crippen LogP) is 9.38. The summed E-state index contributed by atoms with van der Waals surface area (Å²) in [6.07, 6.45) is 3.17. The lowest BCUT2D eigenvalue weighted by molar-refractivity contribution is -0.156. The number of carbonyl (C=O) groups excluding carboxylic acids is 5. The van der Waals surface area contributed by atoms with Gasteiger partial charge in [-0.25, -0.2) is 4.39 Å². The number of nitrogens with zero attached hydrogens (tertiary/aromatic N) is 2. The molecule has 11 nitrogen and oxygen atoms in total. The number of hydrogen-bond donors (Lipinski definition) is 1. The molecular weight excluding hydrogens is 895 g/mol. The Kier molecular flexibility index (Phi) is 13.8. The molecule has 1 saturated carbocycles. The van der Waals surface area contributed by atoms with E-state index in [1.165, 1.54) is 17.0 Å². The van der Waals surface area contributed by atoms with E-state index in [0.717, 1.165) is 59.8 Å². The van der Waals surface area contributed by atoms with Crippen LogP contribution in [0.5, 0.6) is 0 Å². The van der Waals surface area contributed by atoms with E-state index >= 15 is 13.2 Å². The Morgan fingerprint density at radius 2 is 1.46 bits per heavy atom. The summed E-state index contributed by atoms with van der Waals surface area (Å²) < 4.78 is 73.9. The molecule has 4 aliphatic rings. The summed E-state index contributed by atoms with van der Waals surface area (Å²) in [6.45, 7) is 9.18. The second-order valence-electron chi connectivity index (χ2n) is 19.1. The van der Waals surface area contributed by atoms with Gasteiger partial charge in [-0.3, -0.25) is 28.5 Å². The van der Waals surface area contributed by atoms with Crippen LogP contribution in [0.3, 0.4) is 0 Å². The van der Waals surface area contributed by atoms with E-state index in [2.05, 4.69) is 5.32 Å². The van der Waals surface area contributed by atoms with Crippen LogP contribution in [-0.2, 0) is 44.1 Å². The number of benzene rings is 2. The molecule has 4 fully saturated rings. The van der Waals surface area contributed by atoms with Crippen LogP contribution in [0, 0.1) is 22.7 Å². The van der Waals surface area contributed by atoms with Crippen LogP contribution in [0.1, 0.15) is 94.4 Å². The monoisotopic (exact) mass is 949 g/mol. The maximum atomic E-state index is 16.5. The van der Waals surface area contributed by atoms with Crippen LogP contribution in [0.4, 0.5) is 13.2 Å². The minimum Gasteiger partial charge on any atom is -0.340 e. The number of thiophene rings is 1. The van der Waals surface area contributed by atoms with Gasteiger partial charge in [0.15, 0.2) is 15.9 Å². The molecule has 5 atom stereocenters. The molecule has 3 amide bonds. The number of thioether (sulfide) groups is 2. The summed E-state index contributed by atoms with van der Waals surface area (Å²) in [6, 6.07) is 11.9. The molecule has 342 valence electrons. The van der Waals surface area contributed by atoms with E-state index in [0.29, 0.717) is 35.4 Å². The standard InChI is InChI=1S/C45H55F3N3O8PS3/c1-42(2,3)40(55)61-18-16-58-60(57,59-17-19-62-41(56)43(4,5)6)45(47,48)31-12-15-35-29(21-31)24-36(63-35)37(52)49-33-23-28-20-27(28)22-32-13-14-34(51(32)38(33)53)39(54)50-25-44(46,26-50)30-10-8-7-9-11-30/h7-12,15,21,24,27-28,32-34H,13-14,16-20,22-23,25-26H2,1-6H3,(H,49,52)/t27-,28+,32-,33+,34+/m1/s1. The zero-order valence-corrected chi connectivity index (χ0v) is 39.7. The Bertz CT molecular complexity index is 2260. The van der Waals surface area contributed by atoms with Crippen molar-refractivity contribution < 1.29 is 50.8 Å². The van der Waals surface area contributed by atoms with Gasteiger partial charge >= 0.3 is 13.3 Å². The second kappa shape index (κ2) is 18.2. The van der Waals surface area contributed by atoms with Crippen molar-refractivity contribution in [3.8, 4) is 0 Å². The number of amides is 3. The summed E-state index contributed by atoms with van der Waals surface area (Å²) in [5.41, 5.74) is -7.37. The molecule has 1 aromatic heterocycles. The Balaban J connectivity index is 1.05. The van der Waals surface area contributed by atoms with Crippen LogP contribution in [0.15, 0.2) is 54.6 Å². The molecule has 1 aliphatic carbocycles. The van der Waals surface area contributed by atoms with Gasteiger partial charge in [0, 0.05) is 38.6 Å².